The first-order valence-electron chi connectivity index (χ1n) is 11.6. The molecule has 3 aromatic carbocycles. The van der Waals surface area contributed by atoms with Gasteiger partial charge in [-0.1, -0.05) is 66.2 Å². The molecule has 0 radical (unpaired) electrons. The fourth-order valence-electron chi connectivity index (χ4n) is 5.19. The molecule has 0 spiro atoms. The van der Waals surface area contributed by atoms with Gasteiger partial charge < -0.3 is 9.30 Å². The molecule has 174 valence electrons. The number of ether oxygens (including phenoxy) is 1. The van der Waals surface area contributed by atoms with Crippen LogP contribution >= 0.6 is 0 Å². The van der Waals surface area contributed by atoms with Gasteiger partial charge in [0.1, 0.15) is 5.75 Å². The van der Waals surface area contributed by atoms with Crippen molar-refractivity contribution in [1.82, 2.24) is 13.7 Å². The summed E-state index contributed by atoms with van der Waals surface area (Å²) >= 11 is 0. The zero-order valence-electron chi connectivity index (χ0n) is 20.1. The van der Waals surface area contributed by atoms with E-state index in [4.69, 9.17) is 4.74 Å². The summed E-state index contributed by atoms with van der Waals surface area (Å²) in [7, 11) is 3.25. The van der Waals surface area contributed by atoms with Crippen LogP contribution in [0, 0.1) is 13.8 Å². The minimum Gasteiger partial charge on any atom is -0.477 e. The quantitative estimate of drug-likeness (QED) is 0.378. The number of benzene rings is 3. The summed E-state index contributed by atoms with van der Waals surface area (Å²) < 4.78 is 11.5. The lowest BCUT2D eigenvalue weighted by molar-refractivity contribution is 0.228. The van der Waals surface area contributed by atoms with Crippen LogP contribution in [0.15, 0.2) is 82.4 Å². The highest BCUT2D eigenvalue weighted by atomic mass is 16.5. The normalized spacial score (nSPS) is 14.5. The van der Waals surface area contributed by atoms with Crippen molar-refractivity contribution in [2.45, 2.75) is 20.0 Å². The molecule has 0 fully saturated rings. The molecule has 0 unspecified atom stereocenters. The van der Waals surface area contributed by atoms with E-state index in [1.165, 1.54) is 11.6 Å². The standard InChI is InChI=1S/C29H25N3O3/c1-17-13-15-19(16-14-17)24-23-25(30(3)29(34)31(4)28(23)33)26-27(20-10-6-5-9-18(20)2)35-22-12-8-7-11-21(22)32(24)26/h5-16,27H,1-4H3/t27-/m1/s1. The number of nitrogens with zero attached hydrogens (tertiary/aromatic N) is 3. The zero-order valence-corrected chi connectivity index (χ0v) is 20.1. The Morgan fingerprint density at radius 2 is 1.49 bits per heavy atom. The summed E-state index contributed by atoms with van der Waals surface area (Å²) in [5.74, 6) is 0.726. The number of para-hydroxylation sites is 2. The van der Waals surface area contributed by atoms with Crippen molar-refractivity contribution in [3.63, 3.8) is 0 Å². The third-order valence-corrected chi connectivity index (χ3v) is 7.00. The van der Waals surface area contributed by atoms with E-state index in [0.717, 1.165) is 45.1 Å². The van der Waals surface area contributed by atoms with Gasteiger partial charge in [-0.2, -0.15) is 0 Å². The third-order valence-electron chi connectivity index (χ3n) is 7.00. The van der Waals surface area contributed by atoms with Crippen LogP contribution in [0.2, 0.25) is 0 Å². The van der Waals surface area contributed by atoms with Crippen LogP contribution in [0.4, 0.5) is 0 Å². The average molecular weight is 464 g/mol. The topological polar surface area (TPSA) is 58.2 Å². The van der Waals surface area contributed by atoms with Gasteiger partial charge in [0.15, 0.2) is 6.10 Å². The predicted octanol–water partition coefficient (Wildman–Crippen LogP) is 4.79. The van der Waals surface area contributed by atoms with Gasteiger partial charge in [0.2, 0.25) is 0 Å². The van der Waals surface area contributed by atoms with Gasteiger partial charge >= 0.3 is 5.69 Å². The molecular formula is C29H25N3O3. The Kier molecular flexibility index (Phi) is 4.61. The van der Waals surface area contributed by atoms with Gasteiger partial charge in [-0.05, 0) is 37.1 Å². The third kappa shape index (κ3) is 2.96. The molecule has 0 saturated carbocycles. The van der Waals surface area contributed by atoms with Gasteiger partial charge in [0, 0.05) is 19.7 Å². The molecule has 0 aliphatic carbocycles. The summed E-state index contributed by atoms with van der Waals surface area (Å²) in [4.78, 5) is 26.8. The zero-order chi connectivity index (χ0) is 24.4. The molecule has 0 saturated heterocycles. The molecule has 1 atom stereocenters. The number of fused-ring (bicyclic) bond motifs is 5. The van der Waals surface area contributed by atoms with Crippen LogP contribution in [-0.4, -0.2) is 13.7 Å². The molecule has 1 aliphatic rings. The second kappa shape index (κ2) is 7.60. The first-order valence-corrected chi connectivity index (χ1v) is 11.6. The number of aryl methyl sites for hydroxylation is 3. The summed E-state index contributed by atoms with van der Waals surface area (Å²) in [5.41, 5.74) is 6.39. The maximum Gasteiger partial charge on any atom is 0.331 e. The lowest BCUT2D eigenvalue weighted by Crippen LogP contribution is -2.37. The maximum absolute atomic E-state index is 13.7. The van der Waals surface area contributed by atoms with Crippen LogP contribution in [-0.2, 0) is 14.1 Å². The summed E-state index contributed by atoms with van der Waals surface area (Å²) in [5, 5.41) is 0.507. The van der Waals surface area contributed by atoms with Crippen LogP contribution in [0.5, 0.6) is 5.75 Å². The minimum atomic E-state index is -0.495. The van der Waals surface area contributed by atoms with Crippen LogP contribution in [0.25, 0.3) is 27.8 Å². The van der Waals surface area contributed by atoms with Crippen molar-refractivity contribution in [2.24, 2.45) is 14.1 Å². The Labute approximate surface area is 202 Å². The smallest absolute Gasteiger partial charge is 0.331 e. The first kappa shape index (κ1) is 21.2. The molecule has 6 rings (SSSR count). The van der Waals surface area contributed by atoms with E-state index in [1.54, 1.807) is 11.6 Å². The Morgan fingerprint density at radius 3 is 2.23 bits per heavy atom. The molecular weight excluding hydrogens is 438 g/mol. The Hall–Kier alpha value is -4.32. The fourth-order valence-corrected chi connectivity index (χ4v) is 5.19. The van der Waals surface area contributed by atoms with E-state index >= 15 is 0 Å². The van der Waals surface area contributed by atoms with E-state index in [-0.39, 0.29) is 11.2 Å². The Bertz CT molecular complexity index is 1750. The summed E-state index contributed by atoms with van der Waals surface area (Å²) in [6, 6.07) is 24.1. The van der Waals surface area contributed by atoms with Gasteiger partial charge in [0.05, 0.1) is 28.0 Å². The van der Waals surface area contributed by atoms with Gasteiger partial charge in [-0.15, -0.1) is 0 Å². The molecule has 35 heavy (non-hydrogen) atoms. The minimum absolute atomic E-state index is 0.318. The molecule has 5 aromatic rings. The predicted molar refractivity (Wildman–Crippen MR) is 138 cm³/mol. The van der Waals surface area contributed by atoms with Gasteiger partial charge in [0.25, 0.3) is 5.56 Å². The maximum atomic E-state index is 13.7. The highest BCUT2D eigenvalue weighted by Gasteiger charge is 2.36. The van der Waals surface area contributed by atoms with E-state index in [2.05, 4.69) is 4.57 Å². The van der Waals surface area contributed by atoms with E-state index in [0.29, 0.717) is 10.9 Å². The number of hydrogen-bond acceptors (Lipinski definition) is 3. The molecule has 0 amide bonds. The SMILES string of the molecule is Cc1ccc(-c2c3c(=O)n(C)c(=O)n(C)c3c3n2-c2ccccc2O[C@@H]3c2ccccc2C)cc1. The summed E-state index contributed by atoms with van der Waals surface area (Å²) in [6.07, 6.45) is -0.495. The molecule has 0 N–H and O–H groups in total. The molecule has 6 nitrogen and oxygen atoms in total. The van der Waals surface area contributed by atoms with E-state index < -0.39 is 6.10 Å². The number of rotatable bonds is 2. The Balaban J connectivity index is 1.88. The molecule has 0 bridgehead atoms. The van der Waals surface area contributed by atoms with Crippen molar-refractivity contribution in [3.8, 4) is 22.7 Å². The van der Waals surface area contributed by atoms with Crippen molar-refractivity contribution >= 4 is 10.9 Å². The van der Waals surface area contributed by atoms with E-state index in [9.17, 15) is 9.59 Å². The Morgan fingerprint density at radius 1 is 0.800 bits per heavy atom. The van der Waals surface area contributed by atoms with Crippen molar-refractivity contribution in [3.05, 3.63) is 116 Å². The van der Waals surface area contributed by atoms with Crippen LogP contribution in [0.3, 0.4) is 0 Å². The van der Waals surface area contributed by atoms with Gasteiger partial charge in [-0.25, -0.2) is 4.79 Å². The second-order valence-electron chi connectivity index (χ2n) is 9.19. The van der Waals surface area contributed by atoms with Crippen molar-refractivity contribution in [2.75, 3.05) is 0 Å². The molecule has 3 heterocycles. The van der Waals surface area contributed by atoms with E-state index in [1.807, 2.05) is 86.6 Å². The highest BCUT2D eigenvalue weighted by Crippen LogP contribution is 2.46. The lowest BCUT2D eigenvalue weighted by atomic mass is 9.99. The van der Waals surface area contributed by atoms with Crippen LogP contribution in [0.1, 0.15) is 28.5 Å². The molecule has 1 aliphatic heterocycles. The average Bonchev–Trinajstić information content (AvgIpc) is 3.23. The monoisotopic (exact) mass is 463 g/mol. The van der Waals surface area contributed by atoms with Crippen molar-refractivity contribution < 1.29 is 4.74 Å². The fraction of sp³-hybridized carbons (Fsp3) is 0.172. The number of hydrogen-bond donors (Lipinski definition) is 0. The molecule has 6 heteroatoms. The van der Waals surface area contributed by atoms with Crippen LogP contribution < -0.4 is 16.0 Å². The van der Waals surface area contributed by atoms with Crippen molar-refractivity contribution in [1.29, 1.82) is 0 Å². The highest BCUT2D eigenvalue weighted by molar-refractivity contribution is 5.98. The largest absolute Gasteiger partial charge is 0.477 e. The molecule has 2 aromatic heterocycles. The summed E-state index contributed by atoms with van der Waals surface area (Å²) in [6.45, 7) is 4.09. The first-order chi connectivity index (χ1) is 16.9. The lowest BCUT2D eigenvalue weighted by Gasteiger charge is -2.30. The van der Waals surface area contributed by atoms with Gasteiger partial charge in [-0.3, -0.25) is 13.9 Å². The second-order valence-corrected chi connectivity index (χ2v) is 9.19. The number of aromatic nitrogens is 3.